The number of amides is 1. The Kier molecular flexibility index (Phi) is 6.41. The van der Waals surface area contributed by atoms with Crippen LogP contribution in [0.15, 0.2) is 70.6 Å². The quantitative estimate of drug-likeness (QED) is 0.415. The number of piperidine rings is 1. The van der Waals surface area contributed by atoms with Gasteiger partial charge in [-0.25, -0.2) is 4.68 Å². The van der Waals surface area contributed by atoms with E-state index in [2.05, 4.69) is 32.8 Å². The fourth-order valence-electron chi connectivity index (χ4n) is 4.41. The number of carbonyl (C=O) groups is 1. The smallest absolute Gasteiger partial charge is 0.255 e. The van der Waals surface area contributed by atoms with Gasteiger partial charge in [-0.05, 0) is 67.9 Å². The average Bonchev–Trinajstić information content (AvgIpc) is 3.59. The maximum atomic E-state index is 13.3. The topological polar surface area (TPSA) is 63.3 Å². The van der Waals surface area contributed by atoms with Gasteiger partial charge in [-0.2, -0.15) is 5.10 Å². The molecule has 0 saturated carbocycles. The van der Waals surface area contributed by atoms with Crippen molar-refractivity contribution in [2.45, 2.75) is 26.3 Å². The van der Waals surface area contributed by atoms with Crippen LogP contribution in [-0.2, 0) is 6.54 Å². The third-order valence-electron chi connectivity index (χ3n) is 6.07. The van der Waals surface area contributed by atoms with Crippen molar-refractivity contribution in [3.05, 3.63) is 82.4 Å². The number of rotatable bonds is 7. The third kappa shape index (κ3) is 5.10. The molecule has 1 fully saturated rings. The average molecular weight is 461 g/mol. The highest BCUT2D eigenvalue weighted by Crippen LogP contribution is 2.26. The van der Waals surface area contributed by atoms with E-state index in [0.717, 1.165) is 43.9 Å². The minimum atomic E-state index is -0.114. The molecule has 0 spiro atoms. The van der Waals surface area contributed by atoms with Crippen LogP contribution in [0.25, 0.3) is 17.1 Å². The minimum Gasteiger partial charge on any atom is -0.460 e. The monoisotopic (exact) mass is 460 g/mol. The van der Waals surface area contributed by atoms with Crippen molar-refractivity contribution in [3.63, 3.8) is 0 Å². The molecular weight excluding hydrogens is 432 g/mol. The second-order valence-corrected chi connectivity index (χ2v) is 9.65. The van der Waals surface area contributed by atoms with Gasteiger partial charge < -0.3 is 9.73 Å². The second-order valence-electron chi connectivity index (χ2n) is 8.61. The number of hydrogen-bond donors (Lipinski definition) is 1. The molecule has 33 heavy (non-hydrogen) atoms. The fourth-order valence-corrected chi connectivity index (χ4v) is 5.16. The summed E-state index contributed by atoms with van der Waals surface area (Å²) in [6, 6.07) is 17.9. The molecule has 1 atom stereocenters. The SMILES string of the molecule is Cc1ccc(-c2nn(-c3ccccc3)cc2C(=O)NCC2CCCN(Cc3cccs3)C2)o1. The van der Waals surface area contributed by atoms with Gasteiger partial charge in [0.25, 0.3) is 5.91 Å². The highest BCUT2D eigenvalue weighted by molar-refractivity contribution is 7.09. The molecule has 1 unspecified atom stereocenters. The Morgan fingerprint density at radius 3 is 2.82 bits per heavy atom. The number of para-hydroxylation sites is 1. The molecule has 5 rings (SSSR count). The van der Waals surface area contributed by atoms with Gasteiger partial charge in [0, 0.05) is 30.7 Å². The number of thiophene rings is 1. The maximum absolute atomic E-state index is 13.3. The van der Waals surface area contributed by atoms with Gasteiger partial charge in [-0.3, -0.25) is 9.69 Å². The lowest BCUT2D eigenvalue weighted by molar-refractivity contribution is 0.0931. The predicted octanol–water partition coefficient (Wildman–Crippen LogP) is 5.14. The van der Waals surface area contributed by atoms with Gasteiger partial charge in [-0.15, -0.1) is 11.3 Å². The number of nitrogens with one attached hydrogen (secondary N) is 1. The Balaban J connectivity index is 1.30. The first-order valence-electron chi connectivity index (χ1n) is 11.4. The van der Waals surface area contributed by atoms with Gasteiger partial charge in [0.05, 0.1) is 11.3 Å². The van der Waals surface area contributed by atoms with E-state index in [1.165, 1.54) is 4.88 Å². The molecule has 1 aliphatic heterocycles. The summed E-state index contributed by atoms with van der Waals surface area (Å²) in [4.78, 5) is 17.1. The van der Waals surface area contributed by atoms with Crippen LogP contribution in [0.5, 0.6) is 0 Å². The van der Waals surface area contributed by atoms with Gasteiger partial charge in [-0.1, -0.05) is 24.3 Å². The van der Waals surface area contributed by atoms with Crippen LogP contribution in [0.2, 0.25) is 0 Å². The molecule has 1 aromatic carbocycles. The number of hydrogen-bond acceptors (Lipinski definition) is 5. The third-order valence-corrected chi connectivity index (χ3v) is 6.93. The zero-order valence-corrected chi connectivity index (χ0v) is 19.6. The zero-order chi connectivity index (χ0) is 22.6. The van der Waals surface area contributed by atoms with Gasteiger partial charge >= 0.3 is 0 Å². The summed E-state index contributed by atoms with van der Waals surface area (Å²) in [7, 11) is 0. The van der Waals surface area contributed by atoms with E-state index >= 15 is 0 Å². The van der Waals surface area contributed by atoms with Crippen LogP contribution >= 0.6 is 11.3 Å². The van der Waals surface area contributed by atoms with Gasteiger partial charge in [0.15, 0.2) is 5.76 Å². The van der Waals surface area contributed by atoms with Crippen molar-refractivity contribution in [1.29, 1.82) is 0 Å². The largest absolute Gasteiger partial charge is 0.460 e. The number of carbonyl (C=O) groups excluding carboxylic acids is 1. The molecule has 1 saturated heterocycles. The molecule has 1 aliphatic rings. The van der Waals surface area contributed by atoms with Crippen molar-refractivity contribution in [1.82, 2.24) is 20.0 Å². The van der Waals surface area contributed by atoms with E-state index in [9.17, 15) is 4.79 Å². The Hall–Kier alpha value is -3.16. The zero-order valence-electron chi connectivity index (χ0n) is 18.7. The van der Waals surface area contributed by atoms with Crippen molar-refractivity contribution in [2.75, 3.05) is 19.6 Å². The molecule has 6 nitrogen and oxygen atoms in total. The number of benzene rings is 1. The molecule has 4 aromatic rings. The highest BCUT2D eigenvalue weighted by Gasteiger charge is 2.24. The van der Waals surface area contributed by atoms with E-state index in [4.69, 9.17) is 4.42 Å². The molecule has 4 heterocycles. The molecule has 0 aliphatic carbocycles. The van der Waals surface area contributed by atoms with Crippen LogP contribution < -0.4 is 5.32 Å². The molecule has 3 aromatic heterocycles. The Labute approximate surface area is 197 Å². The molecule has 170 valence electrons. The summed E-state index contributed by atoms with van der Waals surface area (Å²) >= 11 is 1.81. The summed E-state index contributed by atoms with van der Waals surface area (Å²) < 4.78 is 7.55. The Morgan fingerprint density at radius 2 is 2.06 bits per heavy atom. The van der Waals surface area contributed by atoms with Crippen molar-refractivity contribution in [2.24, 2.45) is 5.92 Å². The van der Waals surface area contributed by atoms with Crippen LogP contribution in [0.3, 0.4) is 0 Å². The van der Waals surface area contributed by atoms with Crippen LogP contribution in [0, 0.1) is 12.8 Å². The van der Waals surface area contributed by atoms with E-state index < -0.39 is 0 Å². The first-order chi connectivity index (χ1) is 16.2. The first-order valence-corrected chi connectivity index (χ1v) is 12.3. The molecule has 7 heteroatoms. The van der Waals surface area contributed by atoms with Gasteiger partial charge in [0.2, 0.25) is 0 Å². The highest BCUT2D eigenvalue weighted by atomic mass is 32.1. The minimum absolute atomic E-state index is 0.114. The number of aromatic nitrogens is 2. The summed E-state index contributed by atoms with van der Waals surface area (Å²) in [6.07, 6.45) is 4.09. The van der Waals surface area contributed by atoms with E-state index in [1.54, 1.807) is 22.2 Å². The lowest BCUT2D eigenvalue weighted by Crippen LogP contribution is -2.40. The van der Waals surface area contributed by atoms with E-state index in [1.807, 2.05) is 49.4 Å². The molecular formula is C26H28N4O2S. The van der Waals surface area contributed by atoms with E-state index in [0.29, 0.717) is 29.5 Å². The van der Waals surface area contributed by atoms with Crippen LogP contribution in [0.1, 0.15) is 33.8 Å². The van der Waals surface area contributed by atoms with Crippen molar-refractivity contribution >= 4 is 17.2 Å². The summed E-state index contributed by atoms with van der Waals surface area (Å²) in [5, 5.41) is 9.99. The number of likely N-dealkylation sites (tertiary alicyclic amines) is 1. The predicted molar refractivity (Wildman–Crippen MR) is 131 cm³/mol. The molecule has 1 N–H and O–H groups in total. The number of aryl methyl sites for hydroxylation is 1. The Bertz CT molecular complexity index is 1200. The lowest BCUT2D eigenvalue weighted by Gasteiger charge is -2.32. The number of nitrogens with zero attached hydrogens (tertiary/aromatic N) is 3. The normalized spacial score (nSPS) is 16.7. The summed E-state index contributed by atoms with van der Waals surface area (Å²) in [5.74, 6) is 1.73. The van der Waals surface area contributed by atoms with E-state index in [-0.39, 0.29) is 5.91 Å². The maximum Gasteiger partial charge on any atom is 0.255 e. The van der Waals surface area contributed by atoms with Crippen LogP contribution in [-0.4, -0.2) is 40.2 Å². The Morgan fingerprint density at radius 1 is 1.18 bits per heavy atom. The summed E-state index contributed by atoms with van der Waals surface area (Å²) in [6.45, 7) is 5.67. The molecule has 0 radical (unpaired) electrons. The van der Waals surface area contributed by atoms with Crippen LogP contribution in [0.4, 0.5) is 0 Å². The fraction of sp³-hybridized carbons (Fsp3) is 0.308. The van der Waals surface area contributed by atoms with Gasteiger partial charge in [0.1, 0.15) is 11.5 Å². The summed E-state index contributed by atoms with van der Waals surface area (Å²) in [5.41, 5.74) is 1.99. The van der Waals surface area contributed by atoms with Crippen molar-refractivity contribution in [3.8, 4) is 17.1 Å². The number of furan rings is 1. The first kappa shape index (κ1) is 21.7. The molecule has 0 bridgehead atoms. The second kappa shape index (κ2) is 9.77. The lowest BCUT2D eigenvalue weighted by atomic mass is 9.98. The van der Waals surface area contributed by atoms with Crippen molar-refractivity contribution < 1.29 is 9.21 Å². The molecule has 1 amide bonds. The standard InChI is InChI=1S/C26H28N4O2S/c1-19-11-12-24(32-19)25-23(18-30(28-25)21-8-3-2-4-9-21)26(31)27-15-20-7-5-13-29(16-20)17-22-10-6-14-33-22/h2-4,6,8-12,14,18,20H,5,7,13,15-17H2,1H3,(H,27,31).